The van der Waals surface area contributed by atoms with E-state index in [1.165, 1.54) is 0 Å². The number of carbonyl (C=O) groups excluding carboxylic acids is 2. The zero-order valence-electron chi connectivity index (χ0n) is 13.8. The summed E-state index contributed by atoms with van der Waals surface area (Å²) in [6, 6.07) is 16.3. The Morgan fingerprint density at radius 2 is 1.67 bits per heavy atom. The first kappa shape index (κ1) is 18.0. The van der Waals surface area contributed by atoms with Gasteiger partial charge in [0.15, 0.2) is 0 Å². The van der Waals surface area contributed by atoms with Crippen LogP contribution in [0.15, 0.2) is 54.6 Å². The van der Waals surface area contributed by atoms with Gasteiger partial charge in [0.25, 0.3) is 0 Å². The molecule has 1 atom stereocenters. The number of likely N-dealkylation sites (N-methyl/N-ethyl adjacent to an activating group) is 1. The third kappa shape index (κ3) is 4.83. The topological polar surface area (TPSA) is 49.4 Å². The van der Waals surface area contributed by atoms with E-state index in [9.17, 15) is 9.59 Å². The molecule has 0 saturated carbocycles. The van der Waals surface area contributed by atoms with Crippen molar-refractivity contribution >= 4 is 23.4 Å². The zero-order chi connectivity index (χ0) is 17.5. The molecule has 0 saturated heterocycles. The summed E-state index contributed by atoms with van der Waals surface area (Å²) in [6.07, 6.45) is 0.228. The van der Waals surface area contributed by atoms with E-state index in [1.807, 2.05) is 42.5 Å². The molecule has 126 valence electrons. The van der Waals surface area contributed by atoms with Crippen molar-refractivity contribution in [1.82, 2.24) is 10.2 Å². The van der Waals surface area contributed by atoms with E-state index in [0.717, 1.165) is 11.1 Å². The van der Waals surface area contributed by atoms with Gasteiger partial charge in [-0.25, -0.2) is 0 Å². The predicted molar refractivity (Wildman–Crippen MR) is 95.7 cm³/mol. The average Bonchev–Trinajstić information content (AvgIpc) is 2.61. The highest BCUT2D eigenvalue weighted by Crippen LogP contribution is 2.14. The van der Waals surface area contributed by atoms with Crippen molar-refractivity contribution in [3.05, 3.63) is 70.7 Å². The fourth-order valence-corrected chi connectivity index (χ4v) is 2.58. The standard InChI is InChI=1S/C19H21ClN2O2/c1-14(19(24)21-2)22(13-16-6-4-3-5-7-16)18(23)12-15-8-10-17(20)11-9-15/h3-11,14H,12-13H2,1-2H3,(H,21,24)/t14-/m0/s1. The van der Waals surface area contributed by atoms with E-state index in [0.29, 0.717) is 11.6 Å². The second-order valence-electron chi connectivity index (χ2n) is 5.60. The molecule has 1 N–H and O–H groups in total. The van der Waals surface area contributed by atoms with E-state index < -0.39 is 6.04 Å². The number of nitrogens with zero attached hydrogens (tertiary/aromatic N) is 1. The highest BCUT2D eigenvalue weighted by Gasteiger charge is 2.25. The van der Waals surface area contributed by atoms with Crippen molar-refractivity contribution in [3.63, 3.8) is 0 Å². The molecule has 0 aliphatic carbocycles. The fraction of sp³-hybridized carbons (Fsp3) is 0.263. The SMILES string of the molecule is CNC(=O)[C@H](C)N(Cc1ccccc1)C(=O)Cc1ccc(Cl)cc1. The number of carbonyl (C=O) groups is 2. The van der Waals surface area contributed by atoms with Crippen molar-refractivity contribution in [2.45, 2.75) is 25.9 Å². The van der Waals surface area contributed by atoms with Gasteiger partial charge in [-0.2, -0.15) is 0 Å². The Bertz CT molecular complexity index is 686. The third-order valence-electron chi connectivity index (χ3n) is 3.88. The van der Waals surface area contributed by atoms with E-state index in [-0.39, 0.29) is 18.2 Å². The first-order chi connectivity index (χ1) is 11.5. The lowest BCUT2D eigenvalue weighted by atomic mass is 10.1. The third-order valence-corrected chi connectivity index (χ3v) is 4.13. The van der Waals surface area contributed by atoms with Gasteiger partial charge in [0, 0.05) is 18.6 Å². The maximum atomic E-state index is 12.8. The predicted octanol–water partition coefficient (Wildman–Crippen LogP) is 3.05. The van der Waals surface area contributed by atoms with Crippen LogP contribution in [0.3, 0.4) is 0 Å². The number of hydrogen-bond donors (Lipinski definition) is 1. The van der Waals surface area contributed by atoms with E-state index in [1.54, 1.807) is 31.0 Å². The van der Waals surface area contributed by atoms with Crippen molar-refractivity contribution < 1.29 is 9.59 Å². The summed E-state index contributed by atoms with van der Waals surface area (Å²) in [4.78, 5) is 26.4. The second-order valence-corrected chi connectivity index (χ2v) is 6.04. The molecule has 2 amide bonds. The van der Waals surface area contributed by atoms with Gasteiger partial charge in [-0.15, -0.1) is 0 Å². The monoisotopic (exact) mass is 344 g/mol. The minimum absolute atomic E-state index is 0.0997. The largest absolute Gasteiger partial charge is 0.357 e. The van der Waals surface area contributed by atoms with Crippen LogP contribution in [0.2, 0.25) is 5.02 Å². The summed E-state index contributed by atoms with van der Waals surface area (Å²) >= 11 is 5.88. The summed E-state index contributed by atoms with van der Waals surface area (Å²) < 4.78 is 0. The molecule has 2 aromatic carbocycles. The fourth-order valence-electron chi connectivity index (χ4n) is 2.45. The normalized spacial score (nSPS) is 11.6. The van der Waals surface area contributed by atoms with Gasteiger partial charge in [0.05, 0.1) is 6.42 Å². The number of nitrogens with one attached hydrogen (secondary N) is 1. The van der Waals surface area contributed by atoms with Crippen LogP contribution in [0.4, 0.5) is 0 Å². The van der Waals surface area contributed by atoms with Crippen molar-refractivity contribution in [1.29, 1.82) is 0 Å². The Kier molecular flexibility index (Phi) is 6.38. The van der Waals surface area contributed by atoms with Crippen molar-refractivity contribution in [2.24, 2.45) is 0 Å². The van der Waals surface area contributed by atoms with Crippen LogP contribution in [-0.4, -0.2) is 29.8 Å². The molecule has 4 nitrogen and oxygen atoms in total. The minimum Gasteiger partial charge on any atom is -0.357 e. The number of benzene rings is 2. The Balaban J connectivity index is 2.18. The molecule has 0 heterocycles. The van der Waals surface area contributed by atoms with Crippen LogP contribution in [-0.2, 0) is 22.6 Å². The summed E-state index contributed by atoms with van der Waals surface area (Å²) in [5, 5.41) is 3.24. The summed E-state index contributed by atoms with van der Waals surface area (Å²) in [5.74, 6) is -0.285. The van der Waals surface area contributed by atoms with Crippen LogP contribution in [0.5, 0.6) is 0 Å². The molecule has 0 aliphatic heterocycles. The molecule has 0 aromatic heterocycles. The number of rotatable bonds is 6. The number of amides is 2. The Labute approximate surface area is 147 Å². The molecule has 24 heavy (non-hydrogen) atoms. The lowest BCUT2D eigenvalue weighted by Crippen LogP contribution is -2.47. The maximum absolute atomic E-state index is 12.8. The Morgan fingerprint density at radius 1 is 1.04 bits per heavy atom. The average molecular weight is 345 g/mol. The number of hydrogen-bond acceptors (Lipinski definition) is 2. The molecule has 5 heteroatoms. The highest BCUT2D eigenvalue weighted by atomic mass is 35.5. The van der Waals surface area contributed by atoms with Gasteiger partial charge in [0.2, 0.25) is 11.8 Å². The summed E-state index contributed by atoms with van der Waals surface area (Å²) in [7, 11) is 1.57. The Hall–Kier alpha value is -2.33. The molecular weight excluding hydrogens is 324 g/mol. The van der Waals surface area contributed by atoms with Crippen molar-refractivity contribution in [2.75, 3.05) is 7.05 Å². The first-order valence-corrected chi connectivity index (χ1v) is 8.18. The molecule has 0 aliphatic rings. The van der Waals surface area contributed by atoms with Crippen LogP contribution < -0.4 is 5.32 Å². The van der Waals surface area contributed by atoms with E-state index in [2.05, 4.69) is 5.32 Å². The molecule has 0 unspecified atom stereocenters. The van der Waals surface area contributed by atoms with Crippen LogP contribution in [0.1, 0.15) is 18.1 Å². The minimum atomic E-state index is -0.546. The summed E-state index contributed by atoms with van der Waals surface area (Å²) in [6.45, 7) is 2.13. The van der Waals surface area contributed by atoms with Gasteiger partial charge >= 0.3 is 0 Å². The molecule has 2 aromatic rings. The lowest BCUT2D eigenvalue weighted by molar-refractivity contribution is -0.139. The van der Waals surface area contributed by atoms with Crippen LogP contribution >= 0.6 is 11.6 Å². The van der Waals surface area contributed by atoms with E-state index in [4.69, 9.17) is 11.6 Å². The Morgan fingerprint density at radius 3 is 2.25 bits per heavy atom. The maximum Gasteiger partial charge on any atom is 0.242 e. The van der Waals surface area contributed by atoms with Crippen LogP contribution in [0, 0.1) is 0 Å². The first-order valence-electron chi connectivity index (χ1n) is 7.80. The van der Waals surface area contributed by atoms with E-state index >= 15 is 0 Å². The smallest absolute Gasteiger partial charge is 0.242 e. The second kappa shape index (κ2) is 8.50. The number of halogens is 1. The molecule has 0 spiro atoms. The molecule has 0 radical (unpaired) electrons. The molecule has 0 fully saturated rings. The molecule has 0 bridgehead atoms. The van der Waals surface area contributed by atoms with Gasteiger partial charge in [-0.3, -0.25) is 9.59 Å². The zero-order valence-corrected chi connectivity index (χ0v) is 14.6. The van der Waals surface area contributed by atoms with Gasteiger partial charge in [-0.1, -0.05) is 54.1 Å². The van der Waals surface area contributed by atoms with Crippen LogP contribution in [0.25, 0.3) is 0 Å². The van der Waals surface area contributed by atoms with Gasteiger partial charge in [-0.05, 0) is 30.2 Å². The molecular formula is C19H21ClN2O2. The van der Waals surface area contributed by atoms with Crippen molar-refractivity contribution in [3.8, 4) is 0 Å². The van der Waals surface area contributed by atoms with Gasteiger partial charge in [0.1, 0.15) is 6.04 Å². The molecule has 2 rings (SSSR count). The van der Waals surface area contributed by atoms with Gasteiger partial charge < -0.3 is 10.2 Å². The highest BCUT2D eigenvalue weighted by molar-refractivity contribution is 6.30. The lowest BCUT2D eigenvalue weighted by Gasteiger charge is -2.28. The summed E-state index contributed by atoms with van der Waals surface area (Å²) in [5.41, 5.74) is 1.85. The quantitative estimate of drug-likeness (QED) is 0.875.